The minimum Gasteiger partial charge on any atom is -0.493 e. The highest BCUT2D eigenvalue weighted by Crippen LogP contribution is 2.30. The molecule has 0 aliphatic rings. The third-order valence-electron chi connectivity index (χ3n) is 5.55. The van der Waals surface area contributed by atoms with Gasteiger partial charge in [0.05, 0.1) is 18.4 Å². The lowest BCUT2D eigenvalue weighted by Gasteiger charge is -2.21. The Labute approximate surface area is 190 Å². The monoisotopic (exact) mass is 436 g/mol. The topological polar surface area (TPSA) is 64.8 Å². The van der Waals surface area contributed by atoms with Crippen LogP contribution in [0.5, 0.6) is 11.5 Å². The molecule has 0 unspecified atom stereocenters. The number of carbonyl (C=O) groups excluding carboxylic acids is 1. The second-order valence-electron chi connectivity index (χ2n) is 9.07. The van der Waals surface area contributed by atoms with E-state index >= 15 is 0 Å². The second kappa shape index (κ2) is 9.47. The molecule has 0 aliphatic carbocycles. The van der Waals surface area contributed by atoms with Crippen molar-refractivity contribution in [2.45, 2.75) is 53.2 Å². The van der Waals surface area contributed by atoms with Crippen LogP contribution < -0.4 is 9.47 Å². The van der Waals surface area contributed by atoms with Gasteiger partial charge in [0.1, 0.15) is 12.4 Å². The summed E-state index contributed by atoms with van der Waals surface area (Å²) in [6, 6.07) is 13.6. The molecule has 6 heteroatoms. The summed E-state index contributed by atoms with van der Waals surface area (Å²) in [5.41, 5.74) is 4.70. The van der Waals surface area contributed by atoms with E-state index in [1.165, 1.54) is 5.56 Å². The van der Waals surface area contributed by atoms with Crippen molar-refractivity contribution in [3.8, 4) is 11.5 Å². The van der Waals surface area contributed by atoms with Gasteiger partial charge in [-0.05, 0) is 48.6 Å². The summed E-state index contributed by atoms with van der Waals surface area (Å²) >= 11 is 0. The third-order valence-corrected chi connectivity index (χ3v) is 5.55. The number of aromatic nitrogens is 1. The molecule has 0 fully saturated rings. The highest BCUT2D eigenvalue weighted by Gasteiger charge is 2.18. The fraction of sp³-hybridized carbons (Fsp3) is 0.385. The molecule has 0 bridgehead atoms. The molecule has 170 valence electrons. The number of methoxy groups -OCH3 is 1. The minimum atomic E-state index is -0.0829. The number of ether oxygens (including phenoxy) is 2. The van der Waals surface area contributed by atoms with Gasteiger partial charge < -0.3 is 18.9 Å². The van der Waals surface area contributed by atoms with Gasteiger partial charge in [0.2, 0.25) is 0 Å². The van der Waals surface area contributed by atoms with Crippen molar-refractivity contribution in [3.05, 3.63) is 76.2 Å². The molecule has 0 atom stereocenters. The molecule has 0 N–H and O–H groups in total. The molecule has 0 saturated carbocycles. The molecule has 6 nitrogen and oxygen atoms in total. The molecular weight excluding hydrogens is 404 g/mol. The molecule has 0 aliphatic heterocycles. The number of amides is 1. The Morgan fingerprint density at radius 1 is 1.06 bits per heavy atom. The van der Waals surface area contributed by atoms with Crippen LogP contribution in [0.25, 0.3) is 0 Å². The lowest BCUT2D eigenvalue weighted by atomic mass is 9.87. The average Bonchev–Trinajstić information content (AvgIpc) is 3.08. The highest BCUT2D eigenvalue weighted by molar-refractivity contribution is 5.94. The molecular formula is C26H32N2O4. The molecule has 0 saturated heterocycles. The fourth-order valence-corrected chi connectivity index (χ4v) is 3.45. The van der Waals surface area contributed by atoms with Gasteiger partial charge in [0, 0.05) is 19.2 Å². The molecule has 2 aromatic carbocycles. The first-order valence-electron chi connectivity index (χ1n) is 10.7. The van der Waals surface area contributed by atoms with Crippen LogP contribution in [0.2, 0.25) is 0 Å². The first-order chi connectivity index (χ1) is 15.1. The van der Waals surface area contributed by atoms with Crippen molar-refractivity contribution in [1.29, 1.82) is 0 Å². The van der Waals surface area contributed by atoms with Crippen LogP contribution in [0.15, 0.2) is 47.0 Å². The standard InChI is InChI=1S/C26H32N2O4/c1-17-22(18(2)32-27-17)16-31-23-13-10-20(14-24(23)30-7)25(29)28(6)15-19-8-11-21(12-9-19)26(3,4)5/h8-14H,15-16H2,1-7H3. The van der Waals surface area contributed by atoms with E-state index < -0.39 is 0 Å². The minimum absolute atomic E-state index is 0.0829. The van der Waals surface area contributed by atoms with E-state index in [2.05, 4.69) is 50.2 Å². The Kier molecular flexibility index (Phi) is 6.92. The summed E-state index contributed by atoms with van der Waals surface area (Å²) in [5.74, 6) is 1.71. The normalized spacial score (nSPS) is 11.3. The largest absolute Gasteiger partial charge is 0.493 e. The Hall–Kier alpha value is -3.28. The summed E-state index contributed by atoms with van der Waals surface area (Å²) in [6.07, 6.45) is 0. The van der Waals surface area contributed by atoms with E-state index in [0.29, 0.717) is 30.2 Å². The summed E-state index contributed by atoms with van der Waals surface area (Å²) in [4.78, 5) is 14.7. The number of rotatable bonds is 7. The van der Waals surface area contributed by atoms with E-state index in [1.54, 1.807) is 37.3 Å². The number of benzene rings is 2. The van der Waals surface area contributed by atoms with Crippen molar-refractivity contribution in [2.75, 3.05) is 14.2 Å². The van der Waals surface area contributed by atoms with Gasteiger partial charge in [0.25, 0.3) is 5.91 Å². The second-order valence-corrected chi connectivity index (χ2v) is 9.07. The van der Waals surface area contributed by atoms with Gasteiger partial charge in [-0.25, -0.2) is 0 Å². The van der Waals surface area contributed by atoms with Crippen LogP contribution in [0.1, 0.15) is 59.3 Å². The number of nitrogens with zero attached hydrogens (tertiary/aromatic N) is 2. The Morgan fingerprint density at radius 3 is 2.31 bits per heavy atom. The van der Waals surface area contributed by atoms with E-state index in [1.807, 2.05) is 13.8 Å². The summed E-state index contributed by atoms with van der Waals surface area (Å²) < 4.78 is 16.6. The van der Waals surface area contributed by atoms with Crippen molar-refractivity contribution in [1.82, 2.24) is 10.1 Å². The quantitative estimate of drug-likeness (QED) is 0.493. The van der Waals surface area contributed by atoms with Gasteiger partial charge in [-0.3, -0.25) is 4.79 Å². The summed E-state index contributed by atoms with van der Waals surface area (Å²) in [6.45, 7) is 11.1. The molecule has 3 aromatic rings. The van der Waals surface area contributed by atoms with Crippen LogP contribution in [0.4, 0.5) is 0 Å². The Bertz CT molecular complexity index is 1060. The smallest absolute Gasteiger partial charge is 0.254 e. The lowest BCUT2D eigenvalue weighted by molar-refractivity contribution is 0.0784. The first kappa shape index (κ1) is 23.4. The maximum atomic E-state index is 13.0. The van der Waals surface area contributed by atoms with Crippen molar-refractivity contribution >= 4 is 5.91 Å². The van der Waals surface area contributed by atoms with Crippen LogP contribution >= 0.6 is 0 Å². The Balaban J connectivity index is 1.69. The SMILES string of the molecule is COc1cc(C(=O)N(C)Cc2ccc(C(C)(C)C)cc2)ccc1OCc1c(C)noc1C. The summed E-state index contributed by atoms with van der Waals surface area (Å²) in [7, 11) is 3.36. The van der Waals surface area contributed by atoms with Crippen molar-refractivity contribution in [3.63, 3.8) is 0 Å². The summed E-state index contributed by atoms with van der Waals surface area (Å²) in [5, 5.41) is 3.94. The van der Waals surface area contributed by atoms with Crippen molar-refractivity contribution < 1.29 is 18.8 Å². The van der Waals surface area contributed by atoms with Crippen LogP contribution in [-0.2, 0) is 18.6 Å². The molecule has 1 amide bonds. The number of hydrogen-bond donors (Lipinski definition) is 0. The van der Waals surface area contributed by atoms with Gasteiger partial charge in [0.15, 0.2) is 11.5 Å². The van der Waals surface area contributed by atoms with Gasteiger partial charge in [-0.15, -0.1) is 0 Å². The molecule has 32 heavy (non-hydrogen) atoms. The average molecular weight is 437 g/mol. The maximum absolute atomic E-state index is 13.0. The molecule has 0 spiro atoms. The van der Waals surface area contributed by atoms with Crippen LogP contribution in [-0.4, -0.2) is 30.1 Å². The number of carbonyl (C=O) groups is 1. The zero-order valence-corrected chi connectivity index (χ0v) is 20.0. The van der Waals surface area contributed by atoms with Gasteiger partial charge in [-0.1, -0.05) is 50.2 Å². The van der Waals surface area contributed by atoms with E-state index in [4.69, 9.17) is 14.0 Å². The van der Waals surface area contributed by atoms with E-state index in [0.717, 1.165) is 22.6 Å². The molecule has 0 radical (unpaired) electrons. The Morgan fingerprint density at radius 2 is 1.75 bits per heavy atom. The van der Waals surface area contributed by atoms with Crippen molar-refractivity contribution in [2.24, 2.45) is 0 Å². The zero-order valence-electron chi connectivity index (χ0n) is 20.0. The predicted molar refractivity (Wildman–Crippen MR) is 124 cm³/mol. The number of aryl methyl sites for hydroxylation is 2. The maximum Gasteiger partial charge on any atom is 0.254 e. The number of hydrogen-bond acceptors (Lipinski definition) is 5. The molecule has 1 aromatic heterocycles. The van der Waals surface area contributed by atoms with Gasteiger partial charge >= 0.3 is 0 Å². The van der Waals surface area contributed by atoms with E-state index in [9.17, 15) is 4.79 Å². The van der Waals surface area contributed by atoms with E-state index in [-0.39, 0.29) is 11.3 Å². The third kappa shape index (κ3) is 5.31. The fourth-order valence-electron chi connectivity index (χ4n) is 3.45. The van der Waals surface area contributed by atoms with Crippen LogP contribution in [0, 0.1) is 13.8 Å². The van der Waals surface area contributed by atoms with Crippen LogP contribution in [0.3, 0.4) is 0 Å². The lowest BCUT2D eigenvalue weighted by Crippen LogP contribution is -2.26. The first-order valence-corrected chi connectivity index (χ1v) is 10.7. The predicted octanol–water partition coefficient (Wildman–Crippen LogP) is 5.45. The molecule has 3 rings (SSSR count). The molecule has 1 heterocycles. The zero-order chi connectivity index (χ0) is 23.5. The van der Waals surface area contributed by atoms with Gasteiger partial charge in [-0.2, -0.15) is 0 Å². The highest BCUT2D eigenvalue weighted by atomic mass is 16.5.